The number of anilines is 1. The third kappa shape index (κ3) is 4.47. The van der Waals surface area contributed by atoms with Gasteiger partial charge in [0.25, 0.3) is 5.69 Å². The molecule has 3 aromatic rings. The molecule has 1 amide bonds. The van der Waals surface area contributed by atoms with Gasteiger partial charge in [0.1, 0.15) is 0 Å². The van der Waals surface area contributed by atoms with Gasteiger partial charge in [-0.1, -0.05) is 36.4 Å². The minimum atomic E-state index is -0.703. The second-order valence-electron chi connectivity index (χ2n) is 6.36. The molecule has 0 fully saturated rings. The van der Waals surface area contributed by atoms with Gasteiger partial charge in [-0.3, -0.25) is 14.9 Å². The summed E-state index contributed by atoms with van der Waals surface area (Å²) < 4.78 is 4.67. The van der Waals surface area contributed by atoms with Crippen molar-refractivity contribution in [2.45, 2.75) is 6.92 Å². The predicted molar refractivity (Wildman–Crippen MR) is 111 cm³/mol. The number of non-ortho nitro benzene ring substituents is 1. The fourth-order valence-electron chi connectivity index (χ4n) is 2.92. The van der Waals surface area contributed by atoms with Crippen LogP contribution in [0.25, 0.3) is 16.3 Å². The van der Waals surface area contributed by atoms with E-state index < -0.39 is 16.8 Å². The minimum absolute atomic E-state index is 0.0126. The summed E-state index contributed by atoms with van der Waals surface area (Å²) in [6, 6.07) is 17.3. The Kier molecular flexibility index (Phi) is 5.69. The van der Waals surface area contributed by atoms with E-state index in [0.29, 0.717) is 5.57 Å². The van der Waals surface area contributed by atoms with Crippen molar-refractivity contribution >= 4 is 39.6 Å². The molecule has 29 heavy (non-hydrogen) atoms. The number of nitro groups is 1. The van der Waals surface area contributed by atoms with Gasteiger partial charge in [0, 0.05) is 18.2 Å². The third-order valence-electron chi connectivity index (χ3n) is 4.43. The Hall–Kier alpha value is -4.00. The number of nitrogens with zero attached hydrogens (tertiary/aromatic N) is 1. The van der Waals surface area contributed by atoms with E-state index in [2.05, 4.69) is 10.1 Å². The third-order valence-corrected chi connectivity index (χ3v) is 4.43. The van der Waals surface area contributed by atoms with Crippen molar-refractivity contribution in [1.82, 2.24) is 0 Å². The van der Waals surface area contributed by atoms with E-state index in [9.17, 15) is 19.7 Å². The summed E-state index contributed by atoms with van der Waals surface area (Å²) in [6.07, 6.45) is 1.38. The normalized spacial score (nSPS) is 11.2. The zero-order valence-electron chi connectivity index (χ0n) is 15.8. The van der Waals surface area contributed by atoms with Gasteiger partial charge >= 0.3 is 5.97 Å². The first-order valence-corrected chi connectivity index (χ1v) is 8.74. The second kappa shape index (κ2) is 8.35. The zero-order chi connectivity index (χ0) is 21.0. The van der Waals surface area contributed by atoms with E-state index in [1.807, 2.05) is 42.5 Å². The highest BCUT2D eigenvalue weighted by Gasteiger charge is 2.18. The number of nitrogens with one attached hydrogen (secondary N) is 1. The summed E-state index contributed by atoms with van der Waals surface area (Å²) in [7, 11) is 1.19. The molecule has 0 spiro atoms. The van der Waals surface area contributed by atoms with Gasteiger partial charge in [-0.25, -0.2) is 4.79 Å². The molecule has 7 heteroatoms. The number of esters is 1. The van der Waals surface area contributed by atoms with E-state index in [1.54, 1.807) is 6.92 Å². The van der Waals surface area contributed by atoms with Crippen molar-refractivity contribution in [1.29, 1.82) is 0 Å². The lowest BCUT2D eigenvalue weighted by molar-refractivity contribution is -0.384. The topological polar surface area (TPSA) is 98.5 Å². The van der Waals surface area contributed by atoms with Gasteiger partial charge in [-0.2, -0.15) is 0 Å². The summed E-state index contributed by atoms with van der Waals surface area (Å²) in [5, 5.41) is 15.7. The average Bonchev–Trinajstić information content (AvgIpc) is 2.72. The first-order valence-electron chi connectivity index (χ1n) is 8.74. The monoisotopic (exact) mass is 390 g/mol. The number of carbonyl (C=O) groups excluding carboxylic acids is 2. The number of fused-ring (bicyclic) bond motifs is 1. The molecule has 0 aliphatic rings. The summed E-state index contributed by atoms with van der Waals surface area (Å²) >= 11 is 0. The molecule has 0 saturated heterocycles. The van der Waals surface area contributed by atoms with Crippen molar-refractivity contribution in [2.75, 3.05) is 12.4 Å². The highest BCUT2D eigenvalue weighted by molar-refractivity contribution is 6.08. The van der Waals surface area contributed by atoms with Crippen molar-refractivity contribution in [3.8, 4) is 0 Å². The number of methoxy groups -OCH3 is 1. The summed E-state index contributed by atoms with van der Waals surface area (Å²) in [5.41, 5.74) is 1.37. The minimum Gasteiger partial charge on any atom is -0.465 e. The number of amides is 1. The van der Waals surface area contributed by atoms with Crippen LogP contribution in [0.4, 0.5) is 11.4 Å². The highest BCUT2D eigenvalue weighted by Crippen LogP contribution is 2.24. The lowest BCUT2D eigenvalue weighted by Crippen LogP contribution is -2.13. The molecule has 0 aromatic heterocycles. The second-order valence-corrected chi connectivity index (χ2v) is 6.36. The van der Waals surface area contributed by atoms with E-state index >= 15 is 0 Å². The van der Waals surface area contributed by atoms with E-state index in [4.69, 9.17) is 0 Å². The van der Waals surface area contributed by atoms with Gasteiger partial charge < -0.3 is 10.1 Å². The van der Waals surface area contributed by atoms with Crippen LogP contribution >= 0.6 is 0 Å². The van der Waals surface area contributed by atoms with E-state index in [1.165, 1.54) is 25.3 Å². The molecular weight excluding hydrogens is 372 g/mol. The number of hydrogen-bond donors (Lipinski definition) is 1. The number of benzene rings is 3. The molecule has 0 aliphatic heterocycles. The lowest BCUT2D eigenvalue weighted by atomic mass is 10.0. The number of hydrogen-bond acceptors (Lipinski definition) is 5. The first-order chi connectivity index (χ1) is 13.9. The molecule has 0 unspecified atom stereocenters. The SMILES string of the molecule is COC(=O)c1ccc([N+](=O)[O-])cc1NC(=O)C=C(C)c1ccc2ccccc2c1. The molecule has 0 bridgehead atoms. The number of nitro benzene ring substituents is 1. The van der Waals surface area contributed by atoms with Gasteiger partial charge in [-0.05, 0) is 41.0 Å². The van der Waals surface area contributed by atoms with Crippen LogP contribution in [0.15, 0.2) is 66.7 Å². The maximum absolute atomic E-state index is 12.5. The predicted octanol–water partition coefficient (Wildman–Crippen LogP) is 4.58. The number of rotatable bonds is 5. The molecule has 0 atom stereocenters. The molecule has 1 N–H and O–H groups in total. The van der Waals surface area contributed by atoms with Crippen molar-refractivity contribution in [3.05, 3.63) is 88.0 Å². The fraction of sp³-hybridized carbons (Fsp3) is 0.0909. The Morgan fingerprint density at radius 1 is 1.03 bits per heavy atom. The van der Waals surface area contributed by atoms with Gasteiger partial charge in [0.15, 0.2) is 0 Å². The molecule has 3 aromatic carbocycles. The molecule has 7 nitrogen and oxygen atoms in total. The maximum Gasteiger partial charge on any atom is 0.339 e. The van der Waals surface area contributed by atoms with E-state index in [0.717, 1.165) is 22.4 Å². The van der Waals surface area contributed by atoms with Crippen molar-refractivity contribution in [3.63, 3.8) is 0 Å². The van der Waals surface area contributed by atoms with Crippen LogP contribution in [0.2, 0.25) is 0 Å². The number of ether oxygens (including phenoxy) is 1. The average molecular weight is 390 g/mol. The quantitative estimate of drug-likeness (QED) is 0.298. The molecule has 0 aliphatic carbocycles. The Bertz CT molecular complexity index is 1150. The standard InChI is InChI=1S/C22H18N2O5/c1-14(16-8-7-15-5-3-4-6-17(15)12-16)11-21(25)23-20-13-18(24(27)28)9-10-19(20)22(26)29-2/h3-13H,1-2H3,(H,23,25). The van der Waals surface area contributed by atoms with Crippen LogP contribution in [0, 0.1) is 10.1 Å². The molecule has 0 radical (unpaired) electrons. The van der Waals surface area contributed by atoms with Crippen molar-refractivity contribution < 1.29 is 19.2 Å². The summed E-state index contributed by atoms with van der Waals surface area (Å²) in [4.78, 5) is 34.8. The molecule has 146 valence electrons. The molecule has 0 saturated carbocycles. The Morgan fingerprint density at radius 2 is 1.76 bits per heavy atom. The van der Waals surface area contributed by atoms with Crippen LogP contribution in [-0.4, -0.2) is 23.9 Å². The summed E-state index contributed by atoms with van der Waals surface area (Å²) in [6.45, 7) is 1.79. The fourth-order valence-corrected chi connectivity index (χ4v) is 2.92. The van der Waals surface area contributed by atoms with Crippen molar-refractivity contribution in [2.24, 2.45) is 0 Å². The largest absolute Gasteiger partial charge is 0.465 e. The van der Waals surface area contributed by atoms with Gasteiger partial charge in [0.05, 0.1) is 23.3 Å². The zero-order valence-corrected chi connectivity index (χ0v) is 15.8. The van der Waals surface area contributed by atoms with Gasteiger partial charge in [-0.15, -0.1) is 0 Å². The summed E-state index contributed by atoms with van der Waals surface area (Å²) in [5.74, 6) is -1.22. The number of allylic oxidation sites excluding steroid dienone is 1. The molecule has 0 heterocycles. The molecule has 3 rings (SSSR count). The molecular formula is C22H18N2O5. The Morgan fingerprint density at radius 3 is 2.45 bits per heavy atom. The lowest BCUT2D eigenvalue weighted by Gasteiger charge is -2.09. The van der Waals surface area contributed by atoms with Crippen LogP contribution in [0.3, 0.4) is 0 Å². The van der Waals surface area contributed by atoms with Crippen LogP contribution in [0.5, 0.6) is 0 Å². The Labute approximate surface area is 166 Å². The Balaban J connectivity index is 1.89. The highest BCUT2D eigenvalue weighted by atomic mass is 16.6. The van der Waals surface area contributed by atoms with Crippen LogP contribution in [-0.2, 0) is 9.53 Å². The number of carbonyl (C=O) groups is 2. The van der Waals surface area contributed by atoms with Gasteiger partial charge in [0.2, 0.25) is 5.91 Å². The van der Waals surface area contributed by atoms with Crippen LogP contribution < -0.4 is 5.32 Å². The first kappa shape index (κ1) is 19.8. The van der Waals surface area contributed by atoms with Crippen LogP contribution in [0.1, 0.15) is 22.8 Å². The maximum atomic E-state index is 12.5. The van der Waals surface area contributed by atoms with E-state index in [-0.39, 0.29) is 16.9 Å². The smallest absolute Gasteiger partial charge is 0.339 e.